The summed E-state index contributed by atoms with van der Waals surface area (Å²) >= 11 is 1.63. The van der Waals surface area contributed by atoms with Crippen molar-refractivity contribution in [3.63, 3.8) is 0 Å². The number of aliphatic hydroxyl groups excluding tert-OH is 1. The highest BCUT2D eigenvalue weighted by atomic mass is 127. The van der Waals surface area contributed by atoms with Crippen molar-refractivity contribution in [2.24, 2.45) is 0 Å². The Morgan fingerprint density at radius 1 is 1.35 bits per heavy atom. The van der Waals surface area contributed by atoms with E-state index in [9.17, 15) is 23.6 Å². The van der Waals surface area contributed by atoms with Crippen molar-refractivity contribution >= 4 is 38.1 Å². The lowest BCUT2D eigenvalue weighted by Gasteiger charge is -2.15. The van der Waals surface area contributed by atoms with Crippen LogP contribution in [0.3, 0.4) is 0 Å². The van der Waals surface area contributed by atoms with Crippen LogP contribution in [0.15, 0.2) is 24.3 Å². The van der Waals surface area contributed by atoms with E-state index in [1.807, 2.05) is 0 Å². The summed E-state index contributed by atoms with van der Waals surface area (Å²) < 4.78 is 21.5. The summed E-state index contributed by atoms with van der Waals surface area (Å²) in [6.45, 7) is 0. The molecule has 0 aliphatic rings. The molecule has 1 N–H and O–H groups in total. The minimum atomic E-state index is -3.37. The monoisotopic (exact) mass is 371 g/mol. The highest BCUT2D eigenvalue weighted by Crippen LogP contribution is 2.27. The van der Waals surface area contributed by atoms with Gasteiger partial charge in [-0.1, -0.05) is 22.6 Å². The van der Waals surface area contributed by atoms with Gasteiger partial charge in [-0.15, -0.1) is 0 Å². The van der Waals surface area contributed by atoms with Crippen molar-refractivity contribution in [1.82, 2.24) is 0 Å². The summed E-state index contributed by atoms with van der Waals surface area (Å²) in [5.74, 6) is 0. The van der Waals surface area contributed by atoms with Crippen molar-refractivity contribution in [2.75, 3.05) is 6.26 Å². The van der Waals surface area contributed by atoms with Crippen molar-refractivity contribution in [2.45, 2.75) is 9.36 Å². The maximum absolute atomic E-state index is 11.2. The first-order chi connectivity index (χ1) is 7.73. The fourth-order valence-corrected chi connectivity index (χ4v) is 2.22. The standard InChI is InChI=1S/C9H10INO5S/c1-17(15,16)9(10)8(12)6-2-4-7(5-3-6)11(13)14/h2-5,8-9,12H,1H3/t8-,9+/m1/s1. The van der Waals surface area contributed by atoms with Gasteiger partial charge >= 0.3 is 0 Å². The lowest BCUT2D eigenvalue weighted by atomic mass is 10.1. The molecular weight excluding hydrogens is 361 g/mol. The quantitative estimate of drug-likeness (QED) is 0.374. The Bertz CT molecular complexity index is 513. The van der Waals surface area contributed by atoms with E-state index in [1.54, 1.807) is 22.6 Å². The van der Waals surface area contributed by atoms with Gasteiger partial charge in [0.2, 0.25) is 0 Å². The molecule has 0 bridgehead atoms. The summed E-state index contributed by atoms with van der Waals surface area (Å²) in [5, 5.41) is 20.2. The van der Waals surface area contributed by atoms with Gasteiger partial charge in [-0.3, -0.25) is 10.1 Å². The molecule has 8 heteroatoms. The molecule has 0 radical (unpaired) electrons. The Hall–Kier alpha value is -0.740. The predicted octanol–water partition coefficient (Wildman–Crippen LogP) is 1.43. The highest BCUT2D eigenvalue weighted by molar-refractivity contribution is 14.1. The molecule has 17 heavy (non-hydrogen) atoms. The van der Waals surface area contributed by atoms with Crippen molar-refractivity contribution in [3.8, 4) is 0 Å². The van der Waals surface area contributed by atoms with Crippen LogP contribution in [0.1, 0.15) is 11.7 Å². The minimum Gasteiger partial charge on any atom is -0.386 e. The Morgan fingerprint density at radius 3 is 2.18 bits per heavy atom. The Morgan fingerprint density at radius 2 is 1.82 bits per heavy atom. The molecule has 0 fully saturated rings. The third-order valence-corrected chi connectivity index (χ3v) is 6.63. The molecule has 0 saturated heterocycles. The van der Waals surface area contributed by atoms with Gasteiger partial charge in [0.25, 0.3) is 5.69 Å². The third-order valence-electron chi connectivity index (χ3n) is 2.10. The molecule has 0 heterocycles. The summed E-state index contributed by atoms with van der Waals surface area (Å²) in [6.07, 6.45) is -0.176. The second-order valence-electron chi connectivity index (χ2n) is 3.47. The second kappa shape index (κ2) is 5.27. The summed E-state index contributed by atoms with van der Waals surface area (Å²) in [5.41, 5.74) is 0.228. The van der Waals surface area contributed by atoms with E-state index >= 15 is 0 Å². The number of alkyl halides is 1. The highest BCUT2D eigenvalue weighted by Gasteiger charge is 2.27. The second-order valence-corrected chi connectivity index (χ2v) is 7.83. The van der Waals surface area contributed by atoms with Crippen LogP contribution in [0, 0.1) is 10.1 Å². The lowest BCUT2D eigenvalue weighted by molar-refractivity contribution is -0.384. The van der Waals surface area contributed by atoms with Gasteiger partial charge in [-0.05, 0) is 17.7 Å². The Labute approximate surface area is 112 Å². The summed E-state index contributed by atoms with van der Waals surface area (Å²) in [4.78, 5) is 9.86. The van der Waals surface area contributed by atoms with Gasteiger partial charge in [-0.2, -0.15) is 0 Å². The lowest BCUT2D eigenvalue weighted by Crippen LogP contribution is -2.21. The number of rotatable bonds is 4. The zero-order valence-corrected chi connectivity index (χ0v) is 11.8. The van der Waals surface area contributed by atoms with E-state index in [4.69, 9.17) is 0 Å². The molecule has 1 aromatic rings. The zero-order valence-electron chi connectivity index (χ0n) is 8.78. The molecule has 2 atom stereocenters. The molecule has 0 amide bonds. The van der Waals surface area contributed by atoms with E-state index in [0.29, 0.717) is 5.56 Å². The van der Waals surface area contributed by atoms with Crippen LogP contribution in [0.25, 0.3) is 0 Å². The van der Waals surface area contributed by atoms with Crippen LogP contribution >= 0.6 is 22.6 Å². The van der Waals surface area contributed by atoms with Gasteiger partial charge in [0, 0.05) is 18.4 Å². The van der Waals surface area contributed by atoms with E-state index in [0.717, 1.165) is 6.26 Å². The fraction of sp³-hybridized carbons (Fsp3) is 0.333. The number of halogens is 1. The first kappa shape index (κ1) is 14.3. The molecule has 0 saturated carbocycles. The topological polar surface area (TPSA) is 97.5 Å². The van der Waals surface area contributed by atoms with Gasteiger partial charge in [0.05, 0.1) is 4.92 Å². The smallest absolute Gasteiger partial charge is 0.269 e. The number of nitro groups is 1. The minimum absolute atomic E-state index is 0.106. The largest absolute Gasteiger partial charge is 0.386 e. The normalized spacial score (nSPS) is 15.2. The molecule has 94 valence electrons. The molecule has 0 unspecified atom stereocenters. The third kappa shape index (κ3) is 3.61. The van der Waals surface area contributed by atoms with Gasteiger partial charge in [0.15, 0.2) is 9.84 Å². The molecule has 0 spiro atoms. The number of sulfone groups is 1. The number of hydrogen-bond donors (Lipinski definition) is 1. The van der Waals surface area contributed by atoms with Crippen LogP contribution in [0.4, 0.5) is 5.69 Å². The molecule has 1 aromatic carbocycles. The SMILES string of the molecule is CS(=O)(=O)[C@H](I)[C@H](O)c1ccc([N+](=O)[O-])cc1. The predicted molar refractivity (Wildman–Crippen MR) is 70.7 cm³/mol. The number of hydrogen-bond acceptors (Lipinski definition) is 5. The Balaban J connectivity index is 2.98. The van der Waals surface area contributed by atoms with Crippen molar-refractivity contribution in [3.05, 3.63) is 39.9 Å². The molecular formula is C9H10INO5S. The number of benzene rings is 1. The van der Waals surface area contributed by atoms with E-state index in [-0.39, 0.29) is 5.69 Å². The first-order valence-corrected chi connectivity index (χ1v) is 7.69. The van der Waals surface area contributed by atoms with Crippen molar-refractivity contribution < 1.29 is 18.4 Å². The van der Waals surface area contributed by atoms with Crippen LogP contribution in [-0.2, 0) is 9.84 Å². The molecule has 0 aromatic heterocycles. The first-order valence-electron chi connectivity index (χ1n) is 4.49. The number of aliphatic hydroxyl groups is 1. The molecule has 1 rings (SSSR count). The molecule has 6 nitrogen and oxygen atoms in total. The van der Waals surface area contributed by atoms with Crippen LogP contribution < -0.4 is 0 Å². The molecule has 0 aliphatic carbocycles. The fourth-order valence-electron chi connectivity index (χ4n) is 1.18. The van der Waals surface area contributed by atoms with Crippen molar-refractivity contribution in [1.29, 1.82) is 0 Å². The van der Waals surface area contributed by atoms with Gasteiger partial charge < -0.3 is 5.11 Å². The average molecular weight is 371 g/mol. The number of nitrogens with zero attached hydrogens (tertiary/aromatic N) is 1. The van der Waals surface area contributed by atoms with Gasteiger partial charge in [0.1, 0.15) is 9.36 Å². The van der Waals surface area contributed by atoms with Crippen LogP contribution in [0.2, 0.25) is 0 Å². The zero-order chi connectivity index (χ0) is 13.2. The maximum Gasteiger partial charge on any atom is 0.269 e. The number of nitro benzene ring substituents is 1. The van der Waals surface area contributed by atoms with Crippen LogP contribution in [-0.4, -0.2) is 28.0 Å². The summed E-state index contributed by atoms with van der Waals surface area (Å²) in [6, 6.07) is 5.15. The van der Waals surface area contributed by atoms with E-state index in [2.05, 4.69) is 0 Å². The van der Waals surface area contributed by atoms with Crippen LogP contribution in [0.5, 0.6) is 0 Å². The Kier molecular flexibility index (Phi) is 4.44. The van der Waals surface area contributed by atoms with E-state index in [1.165, 1.54) is 24.3 Å². The average Bonchev–Trinajstić information content (AvgIpc) is 2.26. The van der Waals surface area contributed by atoms with Gasteiger partial charge in [-0.25, -0.2) is 8.42 Å². The summed E-state index contributed by atoms with van der Waals surface area (Å²) in [7, 11) is -3.37. The molecule has 0 aliphatic heterocycles. The van der Waals surface area contributed by atoms with E-state index < -0.39 is 24.1 Å². The maximum atomic E-state index is 11.2. The number of non-ortho nitro benzene ring substituents is 1.